The second-order valence-corrected chi connectivity index (χ2v) is 4.70. The first-order chi connectivity index (χ1) is 9.19. The number of aromatic nitrogens is 1. The Morgan fingerprint density at radius 2 is 1.89 bits per heavy atom. The topological polar surface area (TPSA) is 48.1 Å². The van der Waals surface area contributed by atoms with Gasteiger partial charge in [-0.1, -0.05) is 18.2 Å². The van der Waals surface area contributed by atoms with Crippen LogP contribution in [0, 0.1) is 6.92 Å². The lowest BCUT2D eigenvalue weighted by atomic mass is 10.0. The molecule has 0 fully saturated rings. The summed E-state index contributed by atoms with van der Waals surface area (Å²) in [5.74, 6) is 0.883. The van der Waals surface area contributed by atoms with Gasteiger partial charge in [0.15, 0.2) is 0 Å². The molecule has 0 amide bonds. The average molecular weight is 256 g/mol. The molecule has 0 aliphatic carbocycles. The van der Waals surface area contributed by atoms with Crippen molar-refractivity contribution in [2.75, 3.05) is 7.11 Å². The van der Waals surface area contributed by atoms with E-state index in [2.05, 4.69) is 17.1 Å². The van der Waals surface area contributed by atoms with Gasteiger partial charge in [-0.2, -0.15) is 0 Å². The predicted octanol–water partition coefficient (Wildman–Crippen LogP) is 3.03. The van der Waals surface area contributed by atoms with E-state index in [-0.39, 0.29) is 6.04 Å². The molecule has 1 aromatic heterocycles. The lowest BCUT2D eigenvalue weighted by Crippen LogP contribution is -2.13. The van der Waals surface area contributed by atoms with E-state index in [1.54, 1.807) is 7.11 Å². The fourth-order valence-corrected chi connectivity index (χ4v) is 2.03. The Labute approximate surface area is 114 Å². The molecule has 0 bridgehead atoms. The summed E-state index contributed by atoms with van der Waals surface area (Å²) in [6.45, 7) is 1.99. The number of rotatable bonds is 5. The number of methoxy groups -OCH3 is 1. The Bertz CT molecular complexity index is 523. The van der Waals surface area contributed by atoms with Crippen LogP contribution >= 0.6 is 0 Å². The Balaban J connectivity index is 1.94. The first kappa shape index (κ1) is 13.6. The third-order valence-electron chi connectivity index (χ3n) is 3.19. The molecule has 2 rings (SSSR count). The van der Waals surface area contributed by atoms with Crippen molar-refractivity contribution in [1.29, 1.82) is 0 Å². The van der Waals surface area contributed by atoms with Crippen LogP contribution in [0.1, 0.15) is 29.4 Å². The lowest BCUT2D eigenvalue weighted by molar-refractivity contribution is 0.414. The summed E-state index contributed by atoms with van der Waals surface area (Å²) >= 11 is 0. The largest absolute Gasteiger partial charge is 0.497 e. The minimum atomic E-state index is -0.0120. The number of nitrogens with two attached hydrogens (primary N) is 1. The molecule has 1 atom stereocenters. The van der Waals surface area contributed by atoms with Crippen LogP contribution in [-0.4, -0.2) is 12.1 Å². The van der Waals surface area contributed by atoms with Gasteiger partial charge in [0.25, 0.3) is 0 Å². The third-order valence-corrected chi connectivity index (χ3v) is 3.19. The number of benzene rings is 1. The van der Waals surface area contributed by atoms with E-state index >= 15 is 0 Å². The SMILES string of the molecule is COc1ccc(CCC(N)c2cccc(C)n2)cc1. The molecule has 19 heavy (non-hydrogen) atoms. The maximum absolute atomic E-state index is 6.18. The van der Waals surface area contributed by atoms with Gasteiger partial charge in [-0.3, -0.25) is 4.98 Å². The summed E-state index contributed by atoms with van der Waals surface area (Å²) < 4.78 is 5.14. The maximum atomic E-state index is 6.18. The van der Waals surface area contributed by atoms with E-state index in [1.165, 1.54) is 5.56 Å². The summed E-state index contributed by atoms with van der Waals surface area (Å²) in [4.78, 5) is 4.47. The van der Waals surface area contributed by atoms with Crippen LogP contribution in [0.25, 0.3) is 0 Å². The number of aryl methyl sites for hydroxylation is 2. The van der Waals surface area contributed by atoms with Crippen molar-refractivity contribution in [3.63, 3.8) is 0 Å². The van der Waals surface area contributed by atoms with Crippen LogP contribution < -0.4 is 10.5 Å². The van der Waals surface area contributed by atoms with Gasteiger partial charge in [0.05, 0.1) is 12.8 Å². The Kier molecular flexibility index (Phi) is 4.53. The number of nitrogens with zero attached hydrogens (tertiary/aromatic N) is 1. The summed E-state index contributed by atoms with van der Waals surface area (Å²) in [5, 5.41) is 0. The van der Waals surface area contributed by atoms with Crippen LogP contribution in [-0.2, 0) is 6.42 Å². The zero-order chi connectivity index (χ0) is 13.7. The van der Waals surface area contributed by atoms with Gasteiger partial charge < -0.3 is 10.5 Å². The van der Waals surface area contributed by atoms with E-state index in [0.29, 0.717) is 0 Å². The van der Waals surface area contributed by atoms with Crippen molar-refractivity contribution in [2.24, 2.45) is 5.73 Å². The molecule has 3 nitrogen and oxygen atoms in total. The van der Waals surface area contributed by atoms with E-state index in [0.717, 1.165) is 30.0 Å². The molecule has 0 aliphatic rings. The Morgan fingerprint density at radius 3 is 2.53 bits per heavy atom. The molecule has 2 aromatic rings. The van der Waals surface area contributed by atoms with Gasteiger partial charge in [0, 0.05) is 11.7 Å². The molecule has 0 spiro atoms. The molecule has 3 heteroatoms. The average Bonchev–Trinajstić information content (AvgIpc) is 2.45. The molecule has 0 aliphatic heterocycles. The first-order valence-electron chi connectivity index (χ1n) is 6.51. The van der Waals surface area contributed by atoms with Crippen molar-refractivity contribution < 1.29 is 4.74 Å². The number of ether oxygens (including phenoxy) is 1. The molecule has 2 N–H and O–H groups in total. The summed E-state index contributed by atoms with van der Waals surface area (Å²) in [5.41, 5.74) is 9.43. The molecule has 1 heterocycles. The quantitative estimate of drug-likeness (QED) is 0.894. The normalized spacial score (nSPS) is 12.2. The Hall–Kier alpha value is -1.87. The van der Waals surface area contributed by atoms with E-state index < -0.39 is 0 Å². The highest BCUT2D eigenvalue weighted by atomic mass is 16.5. The van der Waals surface area contributed by atoms with Gasteiger partial charge in [-0.05, 0) is 49.6 Å². The van der Waals surface area contributed by atoms with Crippen LogP contribution in [0.2, 0.25) is 0 Å². The number of pyridine rings is 1. The van der Waals surface area contributed by atoms with Crippen molar-refractivity contribution in [3.05, 3.63) is 59.4 Å². The van der Waals surface area contributed by atoms with Crippen LogP contribution in [0.15, 0.2) is 42.5 Å². The van der Waals surface area contributed by atoms with Crippen LogP contribution in [0.4, 0.5) is 0 Å². The van der Waals surface area contributed by atoms with Crippen LogP contribution in [0.5, 0.6) is 5.75 Å². The van der Waals surface area contributed by atoms with E-state index in [1.807, 2.05) is 37.3 Å². The molecule has 1 aromatic carbocycles. The van der Waals surface area contributed by atoms with Crippen LogP contribution in [0.3, 0.4) is 0 Å². The zero-order valence-electron chi connectivity index (χ0n) is 11.5. The molecule has 1 unspecified atom stereocenters. The fourth-order valence-electron chi connectivity index (χ4n) is 2.03. The lowest BCUT2D eigenvalue weighted by Gasteiger charge is -2.11. The molecule has 0 radical (unpaired) electrons. The second kappa shape index (κ2) is 6.34. The van der Waals surface area contributed by atoms with E-state index in [4.69, 9.17) is 10.5 Å². The highest BCUT2D eigenvalue weighted by molar-refractivity contribution is 5.27. The minimum absolute atomic E-state index is 0.0120. The minimum Gasteiger partial charge on any atom is -0.497 e. The number of hydrogen-bond donors (Lipinski definition) is 1. The molecular formula is C16H20N2O. The summed E-state index contributed by atoms with van der Waals surface area (Å²) in [6.07, 6.45) is 1.84. The second-order valence-electron chi connectivity index (χ2n) is 4.70. The Morgan fingerprint density at radius 1 is 1.16 bits per heavy atom. The third kappa shape index (κ3) is 3.80. The molecule has 0 saturated heterocycles. The smallest absolute Gasteiger partial charge is 0.118 e. The summed E-state index contributed by atoms with van der Waals surface area (Å²) in [7, 11) is 1.67. The molecule has 100 valence electrons. The van der Waals surface area contributed by atoms with Gasteiger partial charge in [-0.25, -0.2) is 0 Å². The maximum Gasteiger partial charge on any atom is 0.118 e. The highest BCUT2D eigenvalue weighted by Crippen LogP contribution is 2.17. The fraction of sp³-hybridized carbons (Fsp3) is 0.312. The zero-order valence-corrected chi connectivity index (χ0v) is 11.5. The van der Waals surface area contributed by atoms with E-state index in [9.17, 15) is 0 Å². The number of hydrogen-bond acceptors (Lipinski definition) is 3. The van der Waals surface area contributed by atoms with Crippen molar-refractivity contribution in [2.45, 2.75) is 25.8 Å². The molecule has 0 saturated carbocycles. The van der Waals surface area contributed by atoms with Crippen molar-refractivity contribution in [3.8, 4) is 5.75 Å². The first-order valence-corrected chi connectivity index (χ1v) is 6.51. The van der Waals surface area contributed by atoms with Gasteiger partial charge >= 0.3 is 0 Å². The van der Waals surface area contributed by atoms with Crippen molar-refractivity contribution in [1.82, 2.24) is 4.98 Å². The van der Waals surface area contributed by atoms with Gasteiger partial charge in [-0.15, -0.1) is 0 Å². The predicted molar refractivity (Wildman–Crippen MR) is 77.2 cm³/mol. The standard InChI is InChI=1S/C16H20N2O/c1-12-4-3-5-16(18-12)15(17)11-8-13-6-9-14(19-2)10-7-13/h3-7,9-10,15H,8,11,17H2,1-2H3. The summed E-state index contributed by atoms with van der Waals surface area (Å²) in [6, 6.07) is 14.1. The van der Waals surface area contributed by atoms with Gasteiger partial charge in [0.1, 0.15) is 5.75 Å². The molecular weight excluding hydrogens is 236 g/mol. The highest BCUT2D eigenvalue weighted by Gasteiger charge is 2.07. The van der Waals surface area contributed by atoms with Gasteiger partial charge in [0.2, 0.25) is 0 Å². The monoisotopic (exact) mass is 256 g/mol. The van der Waals surface area contributed by atoms with Crippen molar-refractivity contribution >= 4 is 0 Å².